The van der Waals surface area contributed by atoms with E-state index in [1.54, 1.807) is 38.2 Å². The first-order chi connectivity index (χ1) is 12.5. The molecule has 0 atom stereocenters. The van der Waals surface area contributed by atoms with E-state index >= 15 is 4.39 Å². The summed E-state index contributed by atoms with van der Waals surface area (Å²) in [5, 5.41) is 5.11. The predicted octanol–water partition coefficient (Wildman–Crippen LogP) is 3.50. The normalized spacial score (nSPS) is 10.7. The number of ketones is 1. The molecular formula is C18H18FN5O2. The van der Waals surface area contributed by atoms with Gasteiger partial charge in [-0.15, -0.1) is 0 Å². The number of fused-ring (bicyclic) bond motifs is 1. The molecule has 1 aromatic carbocycles. The number of aromatic amines is 1. The SMILES string of the molecule is CCNC(=O)Nc1nc2c(C(=O)CC)c(F)c(-c3cccnc3)cc2[nH]1. The Balaban J connectivity index is 2.18. The summed E-state index contributed by atoms with van der Waals surface area (Å²) in [5.74, 6) is -0.874. The average molecular weight is 355 g/mol. The van der Waals surface area contributed by atoms with E-state index in [9.17, 15) is 9.59 Å². The fourth-order valence-corrected chi connectivity index (χ4v) is 2.66. The molecule has 26 heavy (non-hydrogen) atoms. The van der Waals surface area contributed by atoms with Crippen LogP contribution in [-0.2, 0) is 0 Å². The van der Waals surface area contributed by atoms with Gasteiger partial charge < -0.3 is 10.3 Å². The number of benzene rings is 1. The van der Waals surface area contributed by atoms with Crippen molar-refractivity contribution in [1.29, 1.82) is 0 Å². The Hall–Kier alpha value is -3.29. The second kappa shape index (κ2) is 7.30. The number of hydrogen-bond donors (Lipinski definition) is 3. The lowest BCUT2D eigenvalue weighted by Crippen LogP contribution is -2.28. The molecule has 0 aliphatic heterocycles. The lowest BCUT2D eigenvalue weighted by Gasteiger charge is -2.08. The van der Waals surface area contributed by atoms with Crippen LogP contribution in [0.15, 0.2) is 30.6 Å². The van der Waals surface area contributed by atoms with Gasteiger partial charge in [-0.25, -0.2) is 14.2 Å². The van der Waals surface area contributed by atoms with Gasteiger partial charge in [0.2, 0.25) is 5.95 Å². The topological polar surface area (TPSA) is 99.8 Å². The second-order valence-corrected chi connectivity index (χ2v) is 5.60. The molecule has 2 amide bonds. The summed E-state index contributed by atoms with van der Waals surface area (Å²) in [6, 6.07) is 4.52. The number of hydrogen-bond acceptors (Lipinski definition) is 4. The summed E-state index contributed by atoms with van der Waals surface area (Å²) in [6.45, 7) is 3.89. The Morgan fingerprint density at radius 2 is 2.12 bits per heavy atom. The van der Waals surface area contributed by atoms with Crippen LogP contribution >= 0.6 is 0 Å². The Morgan fingerprint density at radius 1 is 1.31 bits per heavy atom. The monoisotopic (exact) mass is 355 g/mol. The molecule has 0 bridgehead atoms. The maximum absolute atomic E-state index is 15.1. The average Bonchev–Trinajstić information content (AvgIpc) is 3.03. The van der Waals surface area contributed by atoms with Crippen molar-refractivity contribution in [3.05, 3.63) is 42.0 Å². The van der Waals surface area contributed by atoms with Crippen LogP contribution in [-0.4, -0.2) is 33.3 Å². The minimum absolute atomic E-state index is 0.0935. The van der Waals surface area contributed by atoms with Crippen molar-refractivity contribution in [1.82, 2.24) is 20.3 Å². The molecular weight excluding hydrogens is 337 g/mol. The summed E-state index contributed by atoms with van der Waals surface area (Å²) >= 11 is 0. The number of rotatable bonds is 5. The smallest absolute Gasteiger partial charge is 0.321 e. The van der Waals surface area contributed by atoms with Gasteiger partial charge in [0.05, 0.1) is 11.1 Å². The number of nitrogens with one attached hydrogen (secondary N) is 3. The van der Waals surface area contributed by atoms with Crippen molar-refractivity contribution in [3.63, 3.8) is 0 Å². The zero-order valence-electron chi connectivity index (χ0n) is 14.4. The molecule has 134 valence electrons. The number of halogens is 1. The fraction of sp³-hybridized carbons (Fsp3) is 0.222. The molecule has 0 radical (unpaired) electrons. The zero-order chi connectivity index (χ0) is 18.7. The van der Waals surface area contributed by atoms with Crippen molar-refractivity contribution in [3.8, 4) is 11.1 Å². The van der Waals surface area contributed by atoms with Gasteiger partial charge in [-0.1, -0.05) is 13.0 Å². The molecule has 3 aromatic rings. The predicted molar refractivity (Wildman–Crippen MR) is 96.6 cm³/mol. The van der Waals surface area contributed by atoms with Crippen LogP contribution in [0, 0.1) is 5.82 Å². The number of urea groups is 1. The minimum atomic E-state index is -0.645. The number of nitrogens with zero attached hydrogens (tertiary/aromatic N) is 2. The molecule has 2 heterocycles. The lowest BCUT2D eigenvalue weighted by atomic mass is 9.98. The quantitative estimate of drug-likeness (QED) is 0.610. The lowest BCUT2D eigenvalue weighted by molar-refractivity contribution is 0.0986. The first kappa shape index (κ1) is 17.5. The number of amides is 2. The summed E-state index contributed by atoms with van der Waals surface area (Å²) in [6.07, 6.45) is 3.24. The number of anilines is 1. The van der Waals surface area contributed by atoms with Crippen LogP contribution in [0.2, 0.25) is 0 Å². The number of Topliss-reactive ketones (excluding diaryl/α,β-unsaturated/α-hetero) is 1. The molecule has 0 aliphatic carbocycles. The van der Waals surface area contributed by atoms with Crippen molar-refractivity contribution in [2.45, 2.75) is 20.3 Å². The first-order valence-electron chi connectivity index (χ1n) is 8.25. The van der Waals surface area contributed by atoms with E-state index < -0.39 is 11.8 Å². The molecule has 0 saturated heterocycles. The molecule has 0 spiro atoms. The molecule has 2 aromatic heterocycles. The Bertz CT molecular complexity index is 969. The van der Waals surface area contributed by atoms with E-state index in [0.717, 1.165) is 0 Å². The summed E-state index contributed by atoms with van der Waals surface area (Å²) in [5.41, 5.74) is 1.34. The van der Waals surface area contributed by atoms with Gasteiger partial charge in [0.15, 0.2) is 5.78 Å². The van der Waals surface area contributed by atoms with Crippen LogP contribution in [0.25, 0.3) is 22.2 Å². The number of pyridine rings is 1. The summed E-state index contributed by atoms with van der Waals surface area (Å²) in [4.78, 5) is 35.2. The number of carbonyl (C=O) groups is 2. The number of carbonyl (C=O) groups excluding carboxylic acids is 2. The van der Waals surface area contributed by atoms with Crippen LogP contribution < -0.4 is 10.6 Å². The van der Waals surface area contributed by atoms with Crippen LogP contribution in [0.1, 0.15) is 30.6 Å². The van der Waals surface area contributed by atoms with Crippen LogP contribution in [0.4, 0.5) is 15.1 Å². The zero-order valence-corrected chi connectivity index (χ0v) is 14.4. The van der Waals surface area contributed by atoms with E-state index in [1.165, 1.54) is 6.20 Å². The van der Waals surface area contributed by atoms with Gasteiger partial charge in [-0.2, -0.15) is 0 Å². The van der Waals surface area contributed by atoms with E-state index in [1.807, 2.05) is 0 Å². The molecule has 8 heteroatoms. The first-order valence-corrected chi connectivity index (χ1v) is 8.25. The van der Waals surface area contributed by atoms with Gasteiger partial charge >= 0.3 is 6.03 Å². The van der Waals surface area contributed by atoms with Crippen LogP contribution in [0.5, 0.6) is 0 Å². The fourth-order valence-electron chi connectivity index (χ4n) is 2.66. The molecule has 3 rings (SSSR count). The van der Waals surface area contributed by atoms with Crippen molar-refractivity contribution in [2.24, 2.45) is 0 Å². The molecule has 0 fully saturated rings. The highest BCUT2D eigenvalue weighted by molar-refractivity contribution is 6.08. The third-order valence-corrected chi connectivity index (χ3v) is 3.85. The van der Waals surface area contributed by atoms with Crippen LogP contribution in [0.3, 0.4) is 0 Å². The van der Waals surface area contributed by atoms with E-state index in [4.69, 9.17) is 0 Å². The second-order valence-electron chi connectivity index (χ2n) is 5.60. The number of H-pyrrole nitrogens is 1. The molecule has 7 nitrogen and oxygen atoms in total. The van der Waals surface area contributed by atoms with Gasteiger partial charge in [0.25, 0.3) is 0 Å². The van der Waals surface area contributed by atoms with E-state index in [2.05, 4.69) is 25.6 Å². The summed E-state index contributed by atoms with van der Waals surface area (Å²) < 4.78 is 15.1. The molecule has 0 unspecified atom stereocenters. The van der Waals surface area contributed by atoms with Gasteiger partial charge in [0, 0.05) is 36.5 Å². The molecule has 0 aliphatic rings. The van der Waals surface area contributed by atoms with Gasteiger partial charge in [-0.05, 0) is 19.1 Å². The third kappa shape index (κ3) is 3.26. The van der Waals surface area contributed by atoms with Gasteiger partial charge in [-0.3, -0.25) is 15.1 Å². The van der Waals surface area contributed by atoms with E-state index in [0.29, 0.717) is 17.6 Å². The maximum atomic E-state index is 15.1. The Morgan fingerprint density at radius 3 is 2.77 bits per heavy atom. The Kier molecular flexibility index (Phi) is 4.92. The largest absolute Gasteiger partial charge is 0.338 e. The van der Waals surface area contributed by atoms with Crippen molar-refractivity contribution in [2.75, 3.05) is 11.9 Å². The van der Waals surface area contributed by atoms with Crippen molar-refractivity contribution >= 4 is 28.8 Å². The molecule has 3 N–H and O–H groups in total. The Labute approximate surface area is 149 Å². The number of imidazole rings is 1. The van der Waals surface area contributed by atoms with E-state index in [-0.39, 0.29) is 34.8 Å². The maximum Gasteiger partial charge on any atom is 0.321 e. The molecule has 0 saturated carbocycles. The summed E-state index contributed by atoms with van der Waals surface area (Å²) in [7, 11) is 0. The van der Waals surface area contributed by atoms with Gasteiger partial charge in [0.1, 0.15) is 11.3 Å². The van der Waals surface area contributed by atoms with Crippen molar-refractivity contribution < 1.29 is 14.0 Å². The third-order valence-electron chi connectivity index (χ3n) is 3.85. The number of aromatic nitrogens is 3. The highest BCUT2D eigenvalue weighted by atomic mass is 19.1. The minimum Gasteiger partial charge on any atom is -0.338 e. The standard InChI is InChI=1S/C18H18FN5O2/c1-3-13(25)14-15(19)11(10-6-5-7-20-9-10)8-12-16(14)23-17(22-12)24-18(26)21-4-2/h5-9H,3-4H2,1-2H3,(H3,21,22,23,24,26). The highest BCUT2D eigenvalue weighted by Crippen LogP contribution is 2.31. The highest BCUT2D eigenvalue weighted by Gasteiger charge is 2.22.